The van der Waals surface area contributed by atoms with Gasteiger partial charge in [0.05, 0.1) is 0 Å². The SMILES string of the molecule is O=C(CCCc1ccc(Cl)cc1)N1CCN(c2cccc(Cl)c2)CC1. The van der Waals surface area contributed by atoms with Crippen LogP contribution in [0.15, 0.2) is 48.5 Å². The van der Waals surface area contributed by atoms with Gasteiger partial charge in [-0.2, -0.15) is 0 Å². The van der Waals surface area contributed by atoms with Crippen LogP contribution in [0.5, 0.6) is 0 Å². The molecule has 1 aliphatic rings. The van der Waals surface area contributed by atoms with Crippen molar-refractivity contribution in [3.63, 3.8) is 0 Å². The van der Waals surface area contributed by atoms with Crippen LogP contribution in [0.25, 0.3) is 0 Å². The molecule has 2 aromatic carbocycles. The molecule has 0 N–H and O–H groups in total. The average molecular weight is 377 g/mol. The van der Waals surface area contributed by atoms with Gasteiger partial charge in [-0.05, 0) is 48.7 Å². The monoisotopic (exact) mass is 376 g/mol. The highest BCUT2D eigenvalue weighted by Crippen LogP contribution is 2.21. The number of aryl methyl sites for hydroxylation is 1. The van der Waals surface area contributed by atoms with Gasteiger partial charge in [0.1, 0.15) is 0 Å². The fraction of sp³-hybridized carbons (Fsp3) is 0.350. The van der Waals surface area contributed by atoms with Gasteiger partial charge in [0.15, 0.2) is 0 Å². The van der Waals surface area contributed by atoms with E-state index in [4.69, 9.17) is 23.2 Å². The largest absolute Gasteiger partial charge is 0.368 e. The van der Waals surface area contributed by atoms with Crippen molar-refractivity contribution < 1.29 is 4.79 Å². The number of nitrogens with zero attached hydrogens (tertiary/aromatic N) is 2. The van der Waals surface area contributed by atoms with Crippen LogP contribution in [-0.4, -0.2) is 37.0 Å². The molecule has 0 aromatic heterocycles. The molecular weight excluding hydrogens is 355 g/mol. The fourth-order valence-electron chi connectivity index (χ4n) is 3.14. The topological polar surface area (TPSA) is 23.6 Å². The van der Waals surface area contributed by atoms with E-state index in [0.717, 1.165) is 54.8 Å². The number of piperazine rings is 1. The number of carbonyl (C=O) groups is 1. The molecule has 1 fully saturated rings. The number of hydrogen-bond acceptors (Lipinski definition) is 2. The molecule has 25 heavy (non-hydrogen) atoms. The van der Waals surface area contributed by atoms with Crippen LogP contribution < -0.4 is 4.90 Å². The quantitative estimate of drug-likeness (QED) is 0.756. The Balaban J connectivity index is 1.43. The maximum absolute atomic E-state index is 12.4. The van der Waals surface area contributed by atoms with E-state index in [0.29, 0.717) is 6.42 Å². The summed E-state index contributed by atoms with van der Waals surface area (Å²) in [5.41, 5.74) is 2.35. The van der Waals surface area contributed by atoms with E-state index in [9.17, 15) is 4.79 Å². The summed E-state index contributed by atoms with van der Waals surface area (Å²) >= 11 is 12.0. The maximum atomic E-state index is 12.4. The molecule has 0 bridgehead atoms. The lowest BCUT2D eigenvalue weighted by Crippen LogP contribution is -2.48. The molecule has 5 heteroatoms. The highest BCUT2D eigenvalue weighted by atomic mass is 35.5. The molecular formula is C20H22Cl2N2O. The maximum Gasteiger partial charge on any atom is 0.222 e. The molecule has 2 aromatic rings. The number of hydrogen-bond donors (Lipinski definition) is 0. The summed E-state index contributed by atoms with van der Waals surface area (Å²) in [4.78, 5) is 16.7. The van der Waals surface area contributed by atoms with Gasteiger partial charge in [0.2, 0.25) is 5.91 Å². The second-order valence-electron chi connectivity index (χ2n) is 6.33. The zero-order valence-corrected chi connectivity index (χ0v) is 15.6. The molecule has 1 amide bonds. The molecule has 1 saturated heterocycles. The van der Waals surface area contributed by atoms with Gasteiger partial charge >= 0.3 is 0 Å². The van der Waals surface area contributed by atoms with Crippen molar-refractivity contribution in [1.29, 1.82) is 0 Å². The minimum absolute atomic E-state index is 0.250. The van der Waals surface area contributed by atoms with Crippen LogP contribution in [0, 0.1) is 0 Å². The summed E-state index contributed by atoms with van der Waals surface area (Å²) < 4.78 is 0. The van der Waals surface area contributed by atoms with E-state index in [1.54, 1.807) is 0 Å². The van der Waals surface area contributed by atoms with Crippen molar-refractivity contribution in [2.24, 2.45) is 0 Å². The lowest BCUT2D eigenvalue weighted by atomic mass is 10.1. The van der Waals surface area contributed by atoms with Gasteiger partial charge in [0, 0.05) is 48.3 Å². The minimum Gasteiger partial charge on any atom is -0.368 e. The molecule has 0 spiro atoms. The van der Waals surface area contributed by atoms with Gasteiger partial charge in [-0.3, -0.25) is 4.79 Å². The minimum atomic E-state index is 0.250. The lowest BCUT2D eigenvalue weighted by Gasteiger charge is -2.36. The molecule has 132 valence electrons. The van der Waals surface area contributed by atoms with Gasteiger partial charge in [-0.15, -0.1) is 0 Å². The predicted molar refractivity (Wildman–Crippen MR) is 105 cm³/mol. The third-order valence-electron chi connectivity index (χ3n) is 4.58. The second-order valence-corrected chi connectivity index (χ2v) is 7.20. The van der Waals surface area contributed by atoms with Gasteiger partial charge in [-0.1, -0.05) is 41.4 Å². The Bertz CT molecular complexity index is 710. The van der Waals surface area contributed by atoms with E-state index in [1.165, 1.54) is 5.56 Å². The molecule has 0 atom stereocenters. The first kappa shape index (κ1) is 18.1. The van der Waals surface area contributed by atoms with Crippen molar-refractivity contribution in [2.75, 3.05) is 31.1 Å². The zero-order chi connectivity index (χ0) is 17.6. The first-order valence-electron chi connectivity index (χ1n) is 8.64. The van der Waals surface area contributed by atoms with Gasteiger partial charge < -0.3 is 9.80 Å². The standard InChI is InChI=1S/C20H22Cl2N2O/c21-17-9-7-16(8-10-17)3-1-6-20(25)24-13-11-23(12-14-24)19-5-2-4-18(22)15-19/h2,4-5,7-10,15H,1,3,6,11-14H2. The van der Waals surface area contributed by atoms with Crippen molar-refractivity contribution in [1.82, 2.24) is 4.90 Å². The van der Waals surface area contributed by atoms with Gasteiger partial charge in [0.25, 0.3) is 0 Å². The number of amides is 1. The molecule has 0 radical (unpaired) electrons. The fourth-order valence-corrected chi connectivity index (χ4v) is 3.45. The third kappa shape index (κ3) is 5.13. The van der Waals surface area contributed by atoms with Crippen LogP contribution in [0.4, 0.5) is 5.69 Å². The van der Waals surface area contributed by atoms with Crippen LogP contribution >= 0.6 is 23.2 Å². The Kier molecular flexibility index (Phi) is 6.22. The van der Waals surface area contributed by atoms with Crippen LogP contribution in [-0.2, 0) is 11.2 Å². The molecule has 0 saturated carbocycles. The smallest absolute Gasteiger partial charge is 0.222 e. The Labute approximate surface area is 159 Å². The molecule has 0 aliphatic carbocycles. The summed E-state index contributed by atoms with van der Waals surface area (Å²) in [5.74, 6) is 0.250. The van der Waals surface area contributed by atoms with Crippen LogP contribution in [0.2, 0.25) is 10.0 Å². The number of anilines is 1. The Morgan fingerprint density at radius 3 is 2.32 bits per heavy atom. The average Bonchev–Trinajstić information content (AvgIpc) is 2.63. The number of rotatable bonds is 5. The molecule has 1 aliphatic heterocycles. The van der Waals surface area contributed by atoms with Crippen molar-refractivity contribution in [2.45, 2.75) is 19.3 Å². The normalized spacial score (nSPS) is 14.6. The van der Waals surface area contributed by atoms with Crippen molar-refractivity contribution in [3.8, 4) is 0 Å². The van der Waals surface area contributed by atoms with Crippen molar-refractivity contribution in [3.05, 3.63) is 64.1 Å². The Hall–Kier alpha value is -1.71. The number of benzene rings is 2. The molecule has 3 nitrogen and oxygen atoms in total. The first-order chi connectivity index (χ1) is 12.1. The van der Waals surface area contributed by atoms with E-state index >= 15 is 0 Å². The highest BCUT2D eigenvalue weighted by Gasteiger charge is 2.20. The highest BCUT2D eigenvalue weighted by molar-refractivity contribution is 6.31. The predicted octanol–water partition coefficient (Wildman–Crippen LogP) is 4.66. The van der Waals surface area contributed by atoms with E-state index in [2.05, 4.69) is 11.0 Å². The Morgan fingerprint density at radius 2 is 1.64 bits per heavy atom. The number of halogens is 2. The number of carbonyl (C=O) groups excluding carboxylic acids is 1. The summed E-state index contributed by atoms with van der Waals surface area (Å²) in [6, 6.07) is 15.7. The zero-order valence-electron chi connectivity index (χ0n) is 14.1. The van der Waals surface area contributed by atoms with Gasteiger partial charge in [-0.25, -0.2) is 0 Å². The second kappa shape index (κ2) is 8.59. The van der Waals surface area contributed by atoms with Crippen molar-refractivity contribution >= 4 is 34.8 Å². The lowest BCUT2D eigenvalue weighted by molar-refractivity contribution is -0.131. The molecule has 1 heterocycles. The molecule has 3 rings (SSSR count). The first-order valence-corrected chi connectivity index (χ1v) is 9.40. The molecule has 0 unspecified atom stereocenters. The third-order valence-corrected chi connectivity index (χ3v) is 5.06. The summed E-state index contributed by atoms with van der Waals surface area (Å²) in [5, 5.41) is 1.50. The van der Waals surface area contributed by atoms with E-state index < -0.39 is 0 Å². The van der Waals surface area contributed by atoms with Crippen LogP contribution in [0.3, 0.4) is 0 Å². The summed E-state index contributed by atoms with van der Waals surface area (Å²) in [6.07, 6.45) is 2.38. The van der Waals surface area contributed by atoms with E-state index in [-0.39, 0.29) is 5.91 Å². The van der Waals surface area contributed by atoms with E-state index in [1.807, 2.05) is 47.4 Å². The summed E-state index contributed by atoms with van der Waals surface area (Å²) in [7, 11) is 0. The summed E-state index contributed by atoms with van der Waals surface area (Å²) in [6.45, 7) is 3.24. The van der Waals surface area contributed by atoms with Crippen LogP contribution in [0.1, 0.15) is 18.4 Å². The Morgan fingerprint density at radius 1 is 0.920 bits per heavy atom.